The minimum Gasteiger partial charge on any atom is -0.494 e. The molecule has 1 rings (SSSR count). The van der Waals surface area contributed by atoms with Crippen LogP contribution in [0.15, 0.2) is 12.1 Å². The van der Waals surface area contributed by atoms with Crippen LogP contribution in [0.4, 0.5) is 4.39 Å². The number of carbonyl (C=O) groups is 1. The lowest BCUT2D eigenvalue weighted by Crippen LogP contribution is -2.09. The molecule has 0 heterocycles. The molecule has 0 unspecified atom stereocenters. The molecule has 0 aliphatic rings. The highest BCUT2D eigenvalue weighted by Crippen LogP contribution is 2.30. The summed E-state index contributed by atoms with van der Waals surface area (Å²) in [5.41, 5.74) is 0.182. The molecule has 0 aromatic heterocycles. The van der Waals surface area contributed by atoms with Gasteiger partial charge in [-0.25, -0.2) is 0 Å². The largest absolute Gasteiger partial charge is 0.494 e. The van der Waals surface area contributed by atoms with Gasteiger partial charge in [0, 0.05) is 0 Å². The van der Waals surface area contributed by atoms with Gasteiger partial charge >= 0.3 is 0 Å². The van der Waals surface area contributed by atoms with Crippen molar-refractivity contribution >= 4 is 6.29 Å². The molecular weight excluding hydrogens is 199 g/mol. The van der Waals surface area contributed by atoms with Crippen LogP contribution in [0.5, 0.6) is 11.5 Å². The van der Waals surface area contributed by atoms with Gasteiger partial charge in [-0.15, -0.1) is 0 Å². The summed E-state index contributed by atoms with van der Waals surface area (Å²) in [6.45, 7) is 3.51. The van der Waals surface area contributed by atoms with Crippen molar-refractivity contribution in [3.63, 3.8) is 0 Å². The number of carbonyl (C=O) groups excluding carboxylic acids is 1. The number of halogens is 1. The number of hydrogen-bond acceptors (Lipinski definition) is 3. The quantitative estimate of drug-likeness (QED) is 0.719. The Hall–Kier alpha value is -1.58. The highest BCUT2D eigenvalue weighted by Gasteiger charge is 2.16. The first-order valence-electron chi connectivity index (χ1n) is 4.58. The molecule has 4 heteroatoms. The Kier molecular flexibility index (Phi) is 3.66. The van der Waals surface area contributed by atoms with Crippen LogP contribution in [-0.4, -0.2) is 19.5 Å². The summed E-state index contributed by atoms with van der Waals surface area (Å²) in [7, 11) is 1.36. The second kappa shape index (κ2) is 4.77. The van der Waals surface area contributed by atoms with Gasteiger partial charge in [0.2, 0.25) is 5.82 Å². The Morgan fingerprint density at radius 2 is 2.07 bits per heavy atom. The minimum absolute atomic E-state index is 0.0562. The maximum Gasteiger partial charge on any atom is 0.207 e. The summed E-state index contributed by atoms with van der Waals surface area (Å²) >= 11 is 0. The summed E-state index contributed by atoms with van der Waals surface area (Å²) < 4.78 is 23.7. The summed E-state index contributed by atoms with van der Waals surface area (Å²) in [6, 6.07) is 2.86. The molecule has 0 aliphatic heterocycles. The smallest absolute Gasteiger partial charge is 0.207 e. The molecule has 0 atom stereocenters. The van der Waals surface area contributed by atoms with Gasteiger partial charge in [0.05, 0.1) is 18.8 Å². The van der Waals surface area contributed by atoms with E-state index in [-0.39, 0.29) is 23.2 Å². The van der Waals surface area contributed by atoms with E-state index in [9.17, 15) is 9.18 Å². The molecule has 15 heavy (non-hydrogen) atoms. The third-order valence-corrected chi connectivity index (χ3v) is 1.79. The fourth-order valence-electron chi connectivity index (χ4n) is 1.16. The van der Waals surface area contributed by atoms with Crippen molar-refractivity contribution in [1.29, 1.82) is 0 Å². The van der Waals surface area contributed by atoms with Gasteiger partial charge in [-0.3, -0.25) is 4.79 Å². The number of aldehydes is 1. The predicted octanol–water partition coefficient (Wildman–Crippen LogP) is 2.43. The van der Waals surface area contributed by atoms with E-state index in [0.29, 0.717) is 6.29 Å². The van der Waals surface area contributed by atoms with Crippen molar-refractivity contribution in [3.05, 3.63) is 23.5 Å². The number of rotatable bonds is 4. The normalized spacial score (nSPS) is 10.2. The van der Waals surface area contributed by atoms with E-state index < -0.39 is 5.82 Å². The molecule has 0 N–H and O–H groups in total. The number of benzene rings is 1. The molecule has 0 radical (unpaired) electrons. The molecule has 1 aromatic rings. The van der Waals surface area contributed by atoms with E-state index in [2.05, 4.69) is 0 Å². The average Bonchev–Trinajstić information content (AvgIpc) is 2.20. The summed E-state index contributed by atoms with van der Waals surface area (Å²) in [4.78, 5) is 10.7. The minimum atomic E-state index is -0.643. The SMILES string of the molecule is COc1ccc(C=O)c(OC(C)C)c1F. The topological polar surface area (TPSA) is 35.5 Å². The zero-order chi connectivity index (χ0) is 11.4. The molecule has 82 valence electrons. The van der Waals surface area contributed by atoms with Gasteiger partial charge in [0.25, 0.3) is 0 Å². The average molecular weight is 212 g/mol. The van der Waals surface area contributed by atoms with Crippen LogP contribution in [0.3, 0.4) is 0 Å². The van der Waals surface area contributed by atoms with Crippen LogP contribution < -0.4 is 9.47 Å². The third-order valence-electron chi connectivity index (χ3n) is 1.79. The molecule has 0 spiro atoms. The summed E-state index contributed by atoms with van der Waals surface area (Å²) in [6.07, 6.45) is 0.352. The molecule has 0 aliphatic carbocycles. The van der Waals surface area contributed by atoms with Crippen molar-refractivity contribution in [2.45, 2.75) is 20.0 Å². The first-order chi connectivity index (χ1) is 7.10. The Labute approximate surface area is 87.8 Å². The van der Waals surface area contributed by atoms with Crippen molar-refractivity contribution in [2.75, 3.05) is 7.11 Å². The van der Waals surface area contributed by atoms with Gasteiger partial charge in [-0.2, -0.15) is 4.39 Å². The van der Waals surface area contributed by atoms with E-state index in [0.717, 1.165) is 0 Å². The highest BCUT2D eigenvalue weighted by molar-refractivity contribution is 5.80. The van der Waals surface area contributed by atoms with Crippen LogP contribution in [0.1, 0.15) is 24.2 Å². The van der Waals surface area contributed by atoms with Crippen LogP contribution in [0.2, 0.25) is 0 Å². The van der Waals surface area contributed by atoms with Gasteiger partial charge in [0.1, 0.15) is 0 Å². The Bertz CT molecular complexity index is 361. The van der Waals surface area contributed by atoms with Gasteiger partial charge in [0.15, 0.2) is 17.8 Å². The van der Waals surface area contributed by atoms with Crippen molar-refractivity contribution in [1.82, 2.24) is 0 Å². The zero-order valence-electron chi connectivity index (χ0n) is 8.91. The van der Waals surface area contributed by atoms with E-state index in [1.54, 1.807) is 13.8 Å². The molecule has 1 aromatic carbocycles. The molecule has 3 nitrogen and oxygen atoms in total. The zero-order valence-corrected chi connectivity index (χ0v) is 8.91. The van der Waals surface area contributed by atoms with Crippen LogP contribution in [0.25, 0.3) is 0 Å². The Morgan fingerprint density at radius 3 is 2.53 bits per heavy atom. The third kappa shape index (κ3) is 2.46. The molecule has 0 bridgehead atoms. The van der Waals surface area contributed by atoms with Crippen LogP contribution in [0, 0.1) is 5.82 Å². The van der Waals surface area contributed by atoms with Gasteiger partial charge in [-0.05, 0) is 26.0 Å². The summed E-state index contributed by atoms with van der Waals surface area (Å²) in [5, 5.41) is 0. The number of hydrogen-bond donors (Lipinski definition) is 0. The standard InChI is InChI=1S/C11H13FO3/c1-7(2)15-11-8(6-13)4-5-9(14-3)10(11)12/h4-7H,1-3H3. The van der Waals surface area contributed by atoms with Crippen molar-refractivity contribution in [3.8, 4) is 11.5 Å². The van der Waals surface area contributed by atoms with Crippen LogP contribution in [-0.2, 0) is 0 Å². The fraction of sp³-hybridized carbons (Fsp3) is 0.364. The van der Waals surface area contributed by atoms with Crippen LogP contribution >= 0.6 is 0 Å². The highest BCUT2D eigenvalue weighted by atomic mass is 19.1. The molecule has 0 saturated carbocycles. The first-order valence-corrected chi connectivity index (χ1v) is 4.58. The maximum absolute atomic E-state index is 13.7. The van der Waals surface area contributed by atoms with Gasteiger partial charge < -0.3 is 9.47 Å². The molecule has 0 amide bonds. The monoisotopic (exact) mass is 212 g/mol. The lowest BCUT2D eigenvalue weighted by Gasteiger charge is -2.14. The first kappa shape index (κ1) is 11.5. The fourth-order valence-corrected chi connectivity index (χ4v) is 1.16. The lowest BCUT2D eigenvalue weighted by molar-refractivity contribution is 0.111. The Morgan fingerprint density at radius 1 is 1.40 bits per heavy atom. The second-order valence-corrected chi connectivity index (χ2v) is 3.28. The Balaban J connectivity index is 3.22. The predicted molar refractivity (Wildman–Crippen MR) is 54.1 cm³/mol. The van der Waals surface area contributed by atoms with E-state index in [1.165, 1.54) is 19.2 Å². The number of ether oxygens (including phenoxy) is 2. The maximum atomic E-state index is 13.7. The summed E-state index contributed by atoms with van der Waals surface area (Å²) in [5.74, 6) is -0.633. The van der Waals surface area contributed by atoms with E-state index >= 15 is 0 Å². The second-order valence-electron chi connectivity index (χ2n) is 3.28. The van der Waals surface area contributed by atoms with Crippen molar-refractivity contribution < 1.29 is 18.7 Å². The molecule has 0 saturated heterocycles. The van der Waals surface area contributed by atoms with Gasteiger partial charge in [-0.1, -0.05) is 0 Å². The lowest BCUT2D eigenvalue weighted by atomic mass is 10.2. The van der Waals surface area contributed by atoms with E-state index in [1.807, 2.05) is 0 Å². The number of methoxy groups -OCH3 is 1. The molecular formula is C11H13FO3. The van der Waals surface area contributed by atoms with Crippen molar-refractivity contribution in [2.24, 2.45) is 0 Å². The molecule has 0 fully saturated rings. The van der Waals surface area contributed by atoms with E-state index in [4.69, 9.17) is 9.47 Å².